The second kappa shape index (κ2) is 13.6. The van der Waals surface area contributed by atoms with Crippen molar-refractivity contribution < 1.29 is 9.90 Å². The maximum Gasteiger partial charge on any atom is 0.334 e. The van der Waals surface area contributed by atoms with Gasteiger partial charge in [0.15, 0.2) is 5.54 Å². The minimum absolute atomic E-state index is 0.325. The second-order valence-electron chi connectivity index (χ2n) is 10.1. The number of aromatic nitrogens is 2. The molecule has 40 heavy (non-hydrogen) atoms. The lowest BCUT2D eigenvalue weighted by molar-refractivity contribution is -0.142. The van der Waals surface area contributed by atoms with Crippen molar-refractivity contribution in [1.82, 2.24) is 14.9 Å². The number of anilines is 2. The Morgan fingerprint density at radius 3 is 2.62 bits per heavy atom. The van der Waals surface area contributed by atoms with Crippen molar-refractivity contribution in [3.8, 4) is 6.07 Å². The van der Waals surface area contributed by atoms with Crippen LogP contribution in [0.2, 0.25) is 0 Å². The summed E-state index contributed by atoms with van der Waals surface area (Å²) in [7, 11) is 0. The molecule has 0 amide bonds. The number of hydrogen-bond acceptors (Lipinski definition) is 7. The van der Waals surface area contributed by atoms with Crippen molar-refractivity contribution in [3.63, 3.8) is 0 Å². The summed E-state index contributed by atoms with van der Waals surface area (Å²) in [6, 6.07) is 16.6. The average molecular weight is 540 g/mol. The lowest BCUT2D eigenvalue weighted by Crippen LogP contribution is -2.43. The largest absolute Gasteiger partial charge is 0.479 e. The van der Waals surface area contributed by atoms with Gasteiger partial charge in [0, 0.05) is 44.1 Å². The number of rotatable bonds is 11. The number of carboxylic acids is 1. The first-order valence-electron chi connectivity index (χ1n) is 13.9. The number of nitriles is 1. The van der Waals surface area contributed by atoms with Gasteiger partial charge >= 0.3 is 5.97 Å². The lowest BCUT2D eigenvalue weighted by atomic mass is 9.85. The standard InChI is InChI=1S/C31H37N7O2/c1-3-31(29(39)40,37-26-12-10-24(22-32)11-13-26)25-19-23(2)20-27(21-25)36-28-9-5-4-6-17-38(28)18-8-16-35-30-33-14-7-15-34-30/h7,10-15,19-21,37H,3-6,8-9,16-18H2,1-2H3,(H,39,40)(H,33,34,35). The van der Waals surface area contributed by atoms with E-state index in [9.17, 15) is 9.90 Å². The van der Waals surface area contributed by atoms with E-state index in [0.717, 1.165) is 68.8 Å². The molecule has 1 atom stereocenters. The van der Waals surface area contributed by atoms with Crippen LogP contribution in [0, 0.1) is 18.3 Å². The van der Waals surface area contributed by atoms with Crippen molar-refractivity contribution in [1.29, 1.82) is 5.26 Å². The van der Waals surface area contributed by atoms with Crippen LogP contribution in [0.3, 0.4) is 0 Å². The predicted molar refractivity (Wildman–Crippen MR) is 158 cm³/mol. The molecule has 1 aliphatic heterocycles. The van der Waals surface area contributed by atoms with Gasteiger partial charge in [0.25, 0.3) is 0 Å². The molecule has 1 aliphatic rings. The first-order valence-corrected chi connectivity index (χ1v) is 13.9. The highest BCUT2D eigenvalue weighted by Crippen LogP contribution is 2.34. The van der Waals surface area contributed by atoms with Crippen LogP contribution >= 0.6 is 0 Å². The minimum Gasteiger partial charge on any atom is -0.479 e. The van der Waals surface area contributed by atoms with Gasteiger partial charge < -0.3 is 20.6 Å². The number of aliphatic carboxylic acids is 1. The maximum atomic E-state index is 12.8. The zero-order chi connectivity index (χ0) is 28.4. The maximum absolute atomic E-state index is 12.8. The summed E-state index contributed by atoms with van der Waals surface area (Å²) in [4.78, 5) is 28.7. The van der Waals surface area contributed by atoms with Crippen LogP contribution in [0.4, 0.5) is 17.3 Å². The Labute approximate surface area is 236 Å². The number of nitrogens with zero attached hydrogens (tertiary/aromatic N) is 5. The van der Waals surface area contributed by atoms with Crippen molar-refractivity contribution >= 4 is 29.1 Å². The molecule has 1 fully saturated rings. The summed E-state index contributed by atoms with van der Waals surface area (Å²) >= 11 is 0. The Hall–Kier alpha value is -4.45. The average Bonchev–Trinajstić information content (AvgIpc) is 3.19. The number of carboxylic acid groups (broad SMARTS) is 1. The highest BCUT2D eigenvalue weighted by atomic mass is 16.4. The molecule has 3 aromatic rings. The van der Waals surface area contributed by atoms with Crippen LogP contribution in [0.15, 0.2) is 65.9 Å². The second-order valence-corrected chi connectivity index (χ2v) is 10.1. The first-order chi connectivity index (χ1) is 19.4. The molecule has 208 valence electrons. The number of hydrogen-bond donors (Lipinski definition) is 3. The molecule has 3 N–H and O–H groups in total. The Kier molecular flexibility index (Phi) is 9.68. The van der Waals surface area contributed by atoms with Gasteiger partial charge in [-0.15, -0.1) is 0 Å². The van der Waals surface area contributed by atoms with E-state index >= 15 is 0 Å². The molecule has 2 heterocycles. The van der Waals surface area contributed by atoms with Crippen molar-refractivity contribution in [3.05, 3.63) is 77.6 Å². The third kappa shape index (κ3) is 7.14. The topological polar surface area (TPSA) is 127 Å². The molecule has 2 aromatic carbocycles. The summed E-state index contributed by atoms with van der Waals surface area (Å²) in [6.07, 6.45) is 8.95. The summed E-state index contributed by atoms with van der Waals surface area (Å²) in [5.74, 6) is 0.712. The van der Waals surface area contributed by atoms with Gasteiger partial charge in [-0.25, -0.2) is 19.8 Å². The molecule has 0 saturated carbocycles. The smallest absolute Gasteiger partial charge is 0.334 e. The predicted octanol–water partition coefficient (Wildman–Crippen LogP) is 5.87. The summed E-state index contributed by atoms with van der Waals surface area (Å²) < 4.78 is 0. The highest BCUT2D eigenvalue weighted by Gasteiger charge is 2.39. The minimum atomic E-state index is -1.34. The van der Waals surface area contributed by atoms with E-state index in [4.69, 9.17) is 10.3 Å². The number of aryl methyl sites for hydroxylation is 1. The van der Waals surface area contributed by atoms with E-state index in [0.29, 0.717) is 29.2 Å². The monoisotopic (exact) mass is 539 g/mol. The van der Waals surface area contributed by atoms with Crippen molar-refractivity contribution in [2.24, 2.45) is 4.99 Å². The highest BCUT2D eigenvalue weighted by molar-refractivity contribution is 5.87. The van der Waals surface area contributed by atoms with Gasteiger partial charge in [0.05, 0.1) is 17.3 Å². The third-order valence-corrected chi connectivity index (χ3v) is 7.23. The Balaban J connectivity index is 1.57. The van der Waals surface area contributed by atoms with Crippen LogP contribution in [0.1, 0.15) is 62.1 Å². The number of aliphatic imine (C=N–C) groups is 1. The van der Waals surface area contributed by atoms with E-state index in [-0.39, 0.29) is 0 Å². The Morgan fingerprint density at radius 2 is 1.93 bits per heavy atom. The van der Waals surface area contributed by atoms with E-state index in [1.165, 1.54) is 0 Å². The zero-order valence-corrected chi connectivity index (χ0v) is 23.2. The number of likely N-dealkylation sites (tertiary alicyclic amines) is 1. The number of nitrogens with one attached hydrogen (secondary N) is 2. The van der Waals surface area contributed by atoms with Gasteiger partial charge in [0.2, 0.25) is 5.95 Å². The first kappa shape index (κ1) is 28.6. The van der Waals surface area contributed by atoms with Crippen LogP contribution < -0.4 is 10.6 Å². The fraction of sp³-hybridized carbons (Fsp3) is 0.387. The summed E-state index contributed by atoms with van der Waals surface area (Å²) in [6.45, 7) is 6.42. The normalized spacial score (nSPS) is 16.0. The molecule has 1 saturated heterocycles. The van der Waals surface area contributed by atoms with Crippen LogP contribution in [0.5, 0.6) is 0 Å². The van der Waals surface area contributed by atoms with Gasteiger partial charge in [-0.05, 0) is 86.2 Å². The molecule has 1 unspecified atom stereocenters. The molecule has 0 radical (unpaired) electrons. The third-order valence-electron chi connectivity index (χ3n) is 7.23. The molecular formula is C31H37N7O2. The Morgan fingerprint density at radius 1 is 1.15 bits per heavy atom. The molecule has 9 nitrogen and oxygen atoms in total. The molecule has 4 rings (SSSR count). The van der Waals surface area contributed by atoms with Gasteiger partial charge in [-0.3, -0.25) is 0 Å². The zero-order valence-electron chi connectivity index (χ0n) is 23.2. The van der Waals surface area contributed by atoms with Gasteiger partial charge in [-0.2, -0.15) is 5.26 Å². The molecule has 9 heteroatoms. The summed E-state index contributed by atoms with van der Waals surface area (Å²) in [5, 5.41) is 26.1. The van der Waals surface area contributed by atoms with E-state index in [2.05, 4.69) is 31.6 Å². The fourth-order valence-corrected chi connectivity index (χ4v) is 5.07. The molecule has 0 spiro atoms. The van der Waals surface area contributed by atoms with Gasteiger partial charge in [-0.1, -0.05) is 19.4 Å². The SMILES string of the molecule is CCC(Nc1ccc(C#N)cc1)(C(=O)O)c1cc(C)cc(N=C2CCCCCN2CCCNc2ncccn2)c1. The number of amidine groups is 1. The van der Waals surface area contributed by atoms with Crippen LogP contribution in [-0.2, 0) is 10.3 Å². The number of carbonyl (C=O) groups is 1. The molecule has 0 aliphatic carbocycles. The van der Waals surface area contributed by atoms with Crippen LogP contribution in [-0.4, -0.2) is 51.4 Å². The quantitative estimate of drug-likeness (QED) is 0.258. The van der Waals surface area contributed by atoms with Crippen molar-refractivity contribution in [2.75, 3.05) is 30.3 Å². The van der Waals surface area contributed by atoms with Crippen molar-refractivity contribution in [2.45, 2.75) is 57.9 Å². The molecule has 0 bridgehead atoms. The van der Waals surface area contributed by atoms with Gasteiger partial charge in [0.1, 0.15) is 5.84 Å². The van der Waals surface area contributed by atoms with E-state index in [1.54, 1.807) is 42.7 Å². The Bertz CT molecular complexity index is 1350. The summed E-state index contributed by atoms with van der Waals surface area (Å²) in [5.41, 5.74) is 2.18. The fourth-order valence-electron chi connectivity index (χ4n) is 5.07. The lowest BCUT2D eigenvalue weighted by Gasteiger charge is -2.32. The molecular weight excluding hydrogens is 502 g/mol. The van der Waals surface area contributed by atoms with E-state index in [1.807, 2.05) is 32.0 Å². The van der Waals surface area contributed by atoms with Crippen LogP contribution in [0.25, 0.3) is 0 Å². The molecule has 1 aromatic heterocycles. The van der Waals surface area contributed by atoms with E-state index < -0.39 is 11.5 Å². The number of benzene rings is 2.